The van der Waals surface area contributed by atoms with Crippen LogP contribution in [0.25, 0.3) is 11.0 Å². The molecule has 0 spiro atoms. The van der Waals surface area contributed by atoms with Crippen molar-refractivity contribution in [2.75, 3.05) is 5.32 Å². The number of para-hydroxylation sites is 1. The molecule has 2 aromatic carbocycles. The summed E-state index contributed by atoms with van der Waals surface area (Å²) >= 11 is 6.04. The molecule has 0 bridgehead atoms. The van der Waals surface area contributed by atoms with Crippen LogP contribution in [-0.2, 0) is 6.54 Å². The molecule has 1 N–H and O–H groups in total. The van der Waals surface area contributed by atoms with Crippen molar-refractivity contribution < 1.29 is 13.2 Å². The number of halogens is 3. The summed E-state index contributed by atoms with van der Waals surface area (Å²) in [6, 6.07) is 10.7. The molecule has 0 aliphatic carbocycles. The van der Waals surface area contributed by atoms with Gasteiger partial charge in [-0.1, -0.05) is 18.2 Å². The van der Waals surface area contributed by atoms with Crippen molar-refractivity contribution in [1.29, 1.82) is 0 Å². The molecule has 3 aromatic rings. The fourth-order valence-electron chi connectivity index (χ4n) is 2.08. The van der Waals surface area contributed by atoms with Gasteiger partial charge < -0.3 is 9.73 Å². The molecule has 5 heteroatoms. The largest absolute Gasteiger partial charge is 0.444 e. The molecule has 0 saturated carbocycles. The van der Waals surface area contributed by atoms with Crippen molar-refractivity contribution in [2.24, 2.45) is 0 Å². The SMILES string of the molecule is Fc1cc(F)cc(NCc2c(Cl)oc3ccccc23)c1. The van der Waals surface area contributed by atoms with Gasteiger partial charge in [0, 0.05) is 29.2 Å². The van der Waals surface area contributed by atoms with E-state index >= 15 is 0 Å². The summed E-state index contributed by atoms with van der Waals surface area (Å²) in [5.41, 5.74) is 1.79. The number of anilines is 1. The second kappa shape index (κ2) is 5.13. The molecular formula is C15H10ClF2NO. The predicted octanol–water partition coefficient (Wildman–Crippen LogP) is 4.98. The standard InChI is InChI=1S/C15H10ClF2NO/c16-15-13(12-3-1-2-4-14(12)20-15)8-19-11-6-9(17)5-10(18)7-11/h1-7,19H,8H2. The fourth-order valence-corrected chi connectivity index (χ4v) is 2.33. The van der Waals surface area contributed by atoms with Gasteiger partial charge in [-0.3, -0.25) is 0 Å². The zero-order valence-electron chi connectivity index (χ0n) is 10.3. The van der Waals surface area contributed by atoms with E-state index in [4.69, 9.17) is 16.0 Å². The Bertz CT molecular complexity index is 749. The third-order valence-electron chi connectivity index (χ3n) is 2.98. The van der Waals surface area contributed by atoms with Crippen molar-refractivity contribution >= 4 is 28.3 Å². The van der Waals surface area contributed by atoms with Gasteiger partial charge in [0.25, 0.3) is 0 Å². The molecule has 102 valence electrons. The smallest absolute Gasteiger partial charge is 0.199 e. The average Bonchev–Trinajstić information content (AvgIpc) is 2.71. The predicted molar refractivity (Wildman–Crippen MR) is 74.9 cm³/mol. The molecule has 0 fully saturated rings. The highest BCUT2D eigenvalue weighted by atomic mass is 35.5. The molecule has 3 rings (SSSR count). The van der Waals surface area contributed by atoms with Gasteiger partial charge in [0.05, 0.1) is 0 Å². The molecule has 0 amide bonds. The highest BCUT2D eigenvalue weighted by Crippen LogP contribution is 2.30. The van der Waals surface area contributed by atoms with Crippen LogP contribution in [-0.4, -0.2) is 0 Å². The minimum atomic E-state index is -0.629. The summed E-state index contributed by atoms with van der Waals surface area (Å²) in [6.07, 6.45) is 0. The molecule has 0 aliphatic rings. The zero-order chi connectivity index (χ0) is 14.1. The number of hydrogen-bond donors (Lipinski definition) is 1. The first-order valence-corrected chi connectivity index (χ1v) is 6.37. The summed E-state index contributed by atoms with van der Waals surface area (Å²) in [7, 11) is 0. The Morgan fingerprint density at radius 1 is 1.05 bits per heavy atom. The highest BCUT2D eigenvalue weighted by molar-refractivity contribution is 6.30. The van der Waals surface area contributed by atoms with E-state index in [1.807, 2.05) is 24.3 Å². The quantitative estimate of drug-likeness (QED) is 0.737. The van der Waals surface area contributed by atoms with Crippen molar-refractivity contribution in [3.8, 4) is 0 Å². The average molecular weight is 294 g/mol. The van der Waals surface area contributed by atoms with Crippen molar-refractivity contribution in [2.45, 2.75) is 6.54 Å². The molecule has 1 aromatic heterocycles. The van der Waals surface area contributed by atoms with E-state index in [0.717, 1.165) is 17.0 Å². The van der Waals surface area contributed by atoms with E-state index in [1.165, 1.54) is 12.1 Å². The van der Waals surface area contributed by atoms with Crippen LogP contribution in [0.4, 0.5) is 14.5 Å². The lowest BCUT2D eigenvalue weighted by Crippen LogP contribution is -2.00. The number of nitrogens with one attached hydrogen (secondary N) is 1. The first-order chi connectivity index (χ1) is 9.63. The van der Waals surface area contributed by atoms with Gasteiger partial charge >= 0.3 is 0 Å². The van der Waals surface area contributed by atoms with Crippen molar-refractivity contribution in [1.82, 2.24) is 0 Å². The lowest BCUT2D eigenvalue weighted by Gasteiger charge is -2.06. The zero-order valence-corrected chi connectivity index (χ0v) is 11.0. The van der Waals surface area contributed by atoms with Crippen LogP contribution >= 0.6 is 11.6 Å². The Labute approximate surface area is 119 Å². The van der Waals surface area contributed by atoms with Gasteiger partial charge in [0.1, 0.15) is 17.2 Å². The summed E-state index contributed by atoms with van der Waals surface area (Å²) in [5.74, 6) is -1.26. The van der Waals surface area contributed by atoms with Gasteiger partial charge in [0.2, 0.25) is 0 Å². The molecular weight excluding hydrogens is 284 g/mol. The molecule has 0 unspecified atom stereocenters. The lowest BCUT2D eigenvalue weighted by atomic mass is 10.1. The summed E-state index contributed by atoms with van der Waals surface area (Å²) in [6.45, 7) is 0.318. The van der Waals surface area contributed by atoms with E-state index in [-0.39, 0.29) is 5.22 Å². The van der Waals surface area contributed by atoms with Crippen LogP contribution in [0, 0.1) is 11.6 Å². The van der Waals surface area contributed by atoms with Gasteiger partial charge in [-0.15, -0.1) is 0 Å². The Balaban J connectivity index is 1.88. The van der Waals surface area contributed by atoms with Crippen molar-refractivity contribution in [3.05, 3.63) is 64.9 Å². The third kappa shape index (κ3) is 2.47. The first kappa shape index (κ1) is 12.9. The maximum Gasteiger partial charge on any atom is 0.199 e. The maximum atomic E-state index is 13.1. The monoisotopic (exact) mass is 293 g/mol. The highest BCUT2D eigenvalue weighted by Gasteiger charge is 2.12. The number of furan rings is 1. The Hall–Kier alpha value is -2.07. The third-order valence-corrected chi connectivity index (χ3v) is 3.29. The van der Waals surface area contributed by atoms with Crippen LogP contribution in [0.3, 0.4) is 0 Å². The minimum absolute atomic E-state index is 0.274. The fraction of sp³-hybridized carbons (Fsp3) is 0.0667. The Morgan fingerprint density at radius 3 is 2.50 bits per heavy atom. The van der Waals surface area contributed by atoms with Crippen LogP contribution in [0.5, 0.6) is 0 Å². The van der Waals surface area contributed by atoms with Crippen LogP contribution < -0.4 is 5.32 Å². The van der Waals surface area contributed by atoms with E-state index in [9.17, 15) is 8.78 Å². The first-order valence-electron chi connectivity index (χ1n) is 5.99. The molecule has 20 heavy (non-hydrogen) atoms. The molecule has 0 aliphatic heterocycles. The van der Waals surface area contributed by atoms with Gasteiger partial charge in [-0.05, 0) is 29.8 Å². The lowest BCUT2D eigenvalue weighted by molar-refractivity contribution is 0.584. The molecule has 0 radical (unpaired) electrons. The minimum Gasteiger partial charge on any atom is -0.444 e. The summed E-state index contributed by atoms with van der Waals surface area (Å²) in [4.78, 5) is 0. The summed E-state index contributed by atoms with van der Waals surface area (Å²) in [5, 5.41) is 4.09. The normalized spacial score (nSPS) is 10.9. The topological polar surface area (TPSA) is 25.2 Å². The van der Waals surface area contributed by atoms with Crippen molar-refractivity contribution in [3.63, 3.8) is 0 Å². The molecule has 1 heterocycles. The summed E-state index contributed by atoms with van der Waals surface area (Å²) < 4.78 is 31.6. The van der Waals surface area contributed by atoms with E-state index in [0.29, 0.717) is 17.8 Å². The van der Waals surface area contributed by atoms with Crippen LogP contribution in [0.1, 0.15) is 5.56 Å². The maximum absolute atomic E-state index is 13.1. The number of hydrogen-bond acceptors (Lipinski definition) is 2. The number of fused-ring (bicyclic) bond motifs is 1. The van der Waals surface area contributed by atoms with E-state index in [1.54, 1.807) is 0 Å². The van der Waals surface area contributed by atoms with Gasteiger partial charge in [-0.2, -0.15) is 0 Å². The molecule has 0 atom stereocenters. The van der Waals surface area contributed by atoms with Gasteiger partial charge in [-0.25, -0.2) is 8.78 Å². The van der Waals surface area contributed by atoms with Crippen LogP contribution in [0.15, 0.2) is 46.9 Å². The second-order valence-corrected chi connectivity index (χ2v) is 4.71. The Kier molecular flexibility index (Phi) is 3.32. The van der Waals surface area contributed by atoms with E-state index < -0.39 is 11.6 Å². The van der Waals surface area contributed by atoms with Gasteiger partial charge in [0.15, 0.2) is 5.22 Å². The number of rotatable bonds is 3. The number of benzene rings is 2. The second-order valence-electron chi connectivity index (χ2n) is 4.36. The van der Waals surface area contributed by atoms with E-state index in [2.05, 4.69) is 5.32 Å². The Morgan fingerprint density at radius 2 is 1.75 bits per heavy atom. The molecule has 2 nitrogen and oxygen atoms in total. The molecule has 0 saturated heterocycles. The van der Waals surface area contributed by atoms with Crippen LogP contribution in [0.2, 0.25) is 5.22 Å².